The Bertz CT molecular complexity index is 161. The molecule has 0 bridgehead atoms. The fourth-order valence-electron chi connectivity index (χ4n) is 1.77. The molecule has 78 valence electrons. The summed E-state index contributed by atoms with van der Waals surface area (Å²) < 4.78 is 5.96. The number of nitrogens with one attached hydrogen (secondary N) is 1. The Hall–Kier alpha value is -0.0800. The zero-order valence-corrected chi connectivity index (χ0v) is 9.44. The molecule has 1 aliphatic rings. The van der Waals surface area contributed by atoms with Gasteiger partial charge in [-0.25, -0.2) is 0 Å². The van der Waals surface area contributed by atoms with Crippen molar-refractivity contribution < 1.29 is 4.74 Å². The van der Waals surface area contributed by atoms with Gasteiger partial charge in [-0.05, 0) is 33.1 Å². The molecule has 1 aliphatic heterocycles. The minimum atomic E-state index is 0.0910. The summed E-state index contributed by atoms with van der Waals surface area (Å²) in [5.41, 5.74) is 0.333. The summed E-state index contributed by atoms with van der Waals surface area (Å²) in [6.07, 6.45) is 3.31. The van der Waals surface area contributed by atoms with Crippen molar-refractivity contribution in [2.45, 2.75) is 58.1 Å². The molecule has 0 aliphatic carbocycles. The second-order valence-corrected chi connectivity index (χ2v) is 4.73. The predicted molar refractivity (Wildman–Crippen MR) is 56.0 cm³/mol. The van der Waals surface area contributed by atoms with E-state index in [9.17, 15) is 0 Å². The van der Waals surface area contributed by atoms with Crippen LogP contribution < -0.4 is 5.32 Å². The van der Waals surface area contributed by atoms with Gasteiger partial charge < -0.3 is 10.1 Å². The van der Waals surface area contributed by atoms with Crippen molar-refractivity contribution in [3.8, 4) is 0 Å². The molecule has 1 fully saturated rings. The van der Waals surface area contributed by atoms with Crippen LogP contribution in [0.1, 0.15) is 47.0 Å². The van der Waals surface area contributed by atoms with Crippen LogP contribution in [0.3, 0.4) is 0 Å². The van der Waals surface area contributed by atoms with E-state index in [0.717, 1.165) is 32.4 Å². The van der Waals surface area contributed by atoms with Crippen LogP contribution in [-0.2, 0) is 4.74 Å². The van der Waals surface area contributed by atoms with Crippen molar-refractivity contribution in [3.05, 3.63) is 0 Å². The predicted octanol–water partition coefficient (Wildman–Crippen LogP) is 2.33. The first-order valence-electron chi connectivity index (χ1n) is 5.42. The Kier molecular flexibility index (Phi) is 3.36. The van der Waals surface area contributed by atoms with Gasteiger partial charge in [0.15, 0.2) is 0 Å². The first kappa shape index (κ1) is 11.0. The number of ether oxygens (including phenoxy) is 1. The maximum atomic E-state index is 5.96. The van der Waals surface area contributed by atoms with E-state index in [1.807, 2.05) is 0 Å². The van der Waals surface area contributed by atoms with Gasteiger partial charge in [-0.15, -0.1) is 0 Å². The maximum absolute atomic E-state index is 5.96. The van der Waals surface area contributed by atoms with Gasteiger partial charge in [0, 0.05) is 18.7 Å². The third kappa shape index (κ3) is 2.68. The molecule has 0 spiro atoms. The molecule has 1 heterocycles. The summed E-state index contributed by atoms with van der Waals surface area (Å²) in [6.45, 7) is 10.8. The van der Waals surface area contributed by atoms with Crippen LogP contribution in [0.5, 0.6) is 0 Å². The van der Waals surface area contributed by atoms with Crippen LogP contribution >= 0.6 is 0 Å². The molecule has 0 radical (unpaired) electrons. The number of hydrogen-bond donors (Lipinski definition) is 1. The van der Waals surface area contributed by atoms with Crippen molar-refractivity contribution >= 4 is 0 Å². The third-order valence-corrected chi connectivity index (χ3v) is 3.31. The molecular formula is C11H23NO. The molecule has 2 nitrogen and oxygen atoms in total. The van der Waals surface area contributed by atoms with Gasteiger partial charge in [-0.3, -0.25) is 0 Å². The fourth-order valence-corrected chi connectivity index (χ4v) is 1.77. The highest BCUT2D eigenvalue weighted by molar-refractivity contribution is 4.89. The highest BCUT2D eigenvalue weighted by Gasteiger charge is 2.33. The Balaban J connectivity index is 2.62. The lowest BCUT2D eigenvalue weighted by Gasteiger charge is -2.31. The van der Waals surface area contributed by atoms with E-state index in [-0.39, 0.29) is 11.1 Å². The quantitative estimate of drug-likeness (QED) is 0.713. The van der Waals surface area contributed by atoms with Gasteiger partial charge in [0.1, 0.15) is 0 Å². The van der Waals surface area contributed by atoms with E-state index in [1.54, 1.807) is 0 Å². The van der Waals surface area contributed by atoms with Crippen molar-refractivity contribution in [3.63, 3.8) is 0 Å². The topological polar surface area (TPSA) is 21.3 Å². The molecule has 0 unspecified atom stereocenters. The molecule has 0 aromatic rings. The summed E-state index contributed by atoms with van der Waals surface area (Å²) in [6, 6.07) is 0. The van der Waals surface area contributed by atoms with Gasteiger partial charge in [-0.1, -0.05) is 13.8 Å². The number of rotatable bonds is 2. The lowest BCUT2D eigenvalue weighted by atomic mass is 9.96. The largest absolute Gasteiger partial charge is 0.374 e. The lowest BCUT2D eigenvalue weighted by Crippen LogP contribution is -2.46. The molecule has 1 N–H and O–H groups in total. The summed E-state index contributed by atoms with van der Waals surface area (Å²) in [7, 11) is 0. The van der Waals surface area contributed by atoms with Gasteiger partial charge in [0.05, 0.1) is 5.60 Å². The van der Waals surface area contributed by atoms with E-state index in [0.29, 0.717) is 0 Å². The van der Waals surface area contributed by atoms with Gasteiger partial charge >= 0.3 is 0 Å². The van der Waals surface area contributed by atoms with Gasteiger partial charge in [0.2, 0.25) is 0 Å². The summed E-state index contributed by atoms with van der Waals surface area (Å²) in [5, 5.41) is 3.59. The zero-order chi connectivity index (χ0) is 9.95. The van der Waals surface area contributed by atoms with Crippen LogP contribution in [0, 0.1) is 0 Å². The van der Waals surface area contributed by atoms with Crippen LogP contribution in [0.2, 0.25) is 0 Å². The van der Waals surface area contributed by atoms with Crippen molar-refractivity contribution in [2.24, 2.45) is 0 Å². The monoisotopic (exact) mass is 185 g/mol. The standard InChI is InChI=1S/C11H23NO/c1-5-11(6-2)9-12-10(3,4)7-8-13-11/h12H,5-9H2,1-4H3. The summed E-state index contributed by atoms with van der Waals surface area (Å²) >= 11 is 0. The van der Waals surface area contributed by atoms with Crippen molar-refractivity contribution in [1.82, 2.24) is 5.32 Å². The zero-order valence-electron chi connectivity index (χ0n) is 9.44. The van der Waals surface area contributed by atoms with Crippen LogP contribution in [0.15, 0.2) is 0 Å². The molecule has 0 atom stereocenters. The normalized spacial score (nSPS) is 26.8. The fraction of sp³-hybridized carbons (Fsp3) is 1.00. The smallest absolute Gasteiger partial charge is 0.0801 e. The average molecular weight is 185 g/mol. The number of hydrogen-bond acceptors (Lipinski definition) is 2. The molecule has 1 rings (SSSR count). The van der Waals surface area contributed by atoms with E-state index < -0.39 is 0 Å². The van der Waals surface area contributed by atoms with Gasteiger partial charge in [0.25, 0.3) is 0 Å². The highest BCUT2D eigenvalue weighted by Crippen LogP contribution is 2.25. The maximum Gasteiger partial charge on any atom is 0.0801 e. The molecule has 0 amide bonds. The van der Waals surface area contributed by atoms with Gasteiger partial charge in [-0.2, -0.15) is 0 Å². The molecule has 0 aromatic heterocycles. The molecule has 13 heavy (non-hydrogen) atoms. The van der Waals surface area contributed by atoms with E-state index in [1.165, 1.54) is 0 Å². The lowest BCUT2D eigenvalue weighted by molar-refractivity contribution is -0.0388. The Labute approximate surface area is 82.0 Å². The van der Waals surface area contributed by atoms with E-state index >= 15 is 0 Å². The van der Waals surface area contributed by atoms with E-state index in [2.05, 4.69) is 33.0 Å². The third-order valence-electron chi connectivity index (χ3n) is 3.31. The van der Waals surface area contributed by atoms with E-state index in [4.69, 9.17) is 4.74 Å². The molecule has 1 saturated heterocycles. The van der Waals surface area contributed by atoms with Crippen LogP contribution in [0.25, 0.3) is 0 Å². The molecular weight excluding hydrogens is 162 g/mol. The molecule has 2 heteroatoms. The average Bonchev–Trinajstić information content (AvgIpc) is 2.25. The highest BCUT2D eigenvalue weighted by atomic mass is 16.5. The summed E-state index contributed by atoms with van der Waals surface area (Å²) in [4.78, 5) is 0. The molecule has 0 saturated carbocycles. The van der Waals surface area contributed by atoms with Crippen LogP contribution in [-0.4, -0.2) is 24.3 Å². The Morgan fingerprint density at radius 1 is 1.23 bits per heavy atom. The van der Waals surface area contributed by atoms with Crippen molar-refractivity contribution in [1.29, 1.82) is 0 Å². The Morgan fingerprint density at radius 3 is 2.38 bits per heavy atom. The second-order valence-electron chi connectivity index (χ2n) is 4.73. The SMILES string of the molecule is CCC1(CC)CNC(C)(C)CCO1. The van der Waals surface area contributed by atoms with Crippen molar-refractivity contribution in [2.75, 3.05) is 13.2 Å². The first-order chi connectivity index (χ1) is 6.04. The summed E-state index contributed by atoms with van der Waals surface area (Å²) in [5.74, 6) is 0. The first-order valence-corrected chi connectivity index (χ1v) is 5.42. The second kappa shape index (κ2) is 3.97. The molecule has 0 aromatic carbocycles. The Morgan fingerprint density at radius 2 is 1.85 bits per heavy atom. The minimum absolute atomic E-state index is 0.0910. The van der Waals surface area contributed by atoms with Crippen LogP contribution in [0.4, 0.5) is 0 Å². The minimum Gasteiger partial charge on any atom is -0.374 e.